The van der Waals surface area contributed by atoms with E-state index in [1.165, 1.54) is 11.1 Å². The molecule has 0 fully saturated rings. The van der Waals surface area contributed by atoms with E-state index >= 15 is 0 Å². The highest BCUT2D eigenvalue weighted by Gasteiger charge is 2.23. The number of aryl methyl sites for hydroxylation is 1. The summed E-state index contributed by atoms with van der Waals surface area (Å²) in [6.45, 7) is 2.69. The lowest BCUT2D eigenvalue weighted by Crippen LogP contribution is -2.24. The summed E-state index contributed by atoms with van der Waals surface area (Å²) in [6.07, 6.45) is 2.89. The first-order valence-corrected chi connectivity index (χ1v) is 5.65. The Morgan fingerprint density at radius 3 is 3.07 bits per heavy atom. The highest BCUT2D eigenvalue weighted by atomic mass is 16.1. The number of carbonyl (C=O) groups excluding carboxylic acids is 1. The van der Waals surface area contributed by atoms with E-state index in [-0.39, 0.29) is 5.91 Å². The van der Waals surface area contributed by atoms with Gasteiger partial charge in [-0.15, -0.1) is 0 Å². The highest BCUT2D eigenvalue weighted by Crippen LogP contribution is 2.34. The second kappa shape index (κ2) is 4.47. The zero-order chi connectivity index (χ0) is 10.7. The van der Waals surface area contributed by atoms with E-state index in [2.05, 4.69) is 29.6 Å². The van der Waals surface area contributed by atoms with Crippen LogP contribution in [0.5, 0.6) is 0 Å². The normalized spacial score (nSPS) is 18.6. The van der Waals surface area contributed by atoms with Gasteiger partial charge >= 0.3 is 0 Å². The van der Waals surface area contributed by atoms with Crippen molar-refractivity contribution in [2.75, 3.05) is 6.54 Å². The van der Waals surface area contributed by atoms with E-state index in [1.807, 2.05) is 6.92 Å². The Bertz CT molecular complexity index is 359. The number of rotatable bonds is 3. The van der Waals surface area contributed by atoms with Crippen molar-refractivity contribution in [3.05, 3.63) is 35.4 Å². The average molecular weight is 203 g/mol. The van der Waals surface area contributed by atoms with Gasteiger partial charge in [-0.2, -0.15) is 0 Å². The molecule has 2 rings (SSSR count). The van der Waals surface area contributed by atoms with Crippen LogP contribution in [0.2, 0.25) is 0 Å². The molecule has 1 aromatic carbocycles. The lowest BCUT2D eigenvalue weighted by molar-refractivity contribution is -0.121. The minimum absolute atomic E-state index is 0.180. The van der Waals surface area contributed by atoms with Crippen LogP contribution in [0.3, 0.4) is 0 Å². The van der Waals surface area contributed by atoms with Crippen molar-refractivity contribution >= 4 is 5.91 Å². The van der Waals surface area contributed by atoms with Crippen LogP contribution in [0.25, 0.3) is 0 Å². The maximum atomic E-state index is 11.5. The van der Waals surface area contributed by atoms with Gasteiger partial charge in [-0.05, 0) is 36.8 Å². The Morgan fingerprint density at radius 1 is 1.47 bits per heavy atom. The molecule has 0 saturated carbocycles. The fraction of sp³-hybridized carbons (Fsp3) is 0.462. The maximum absolute atomic E-state index is 11.5. The van der Waals surface area contributed by atoms with E-state index in [9.17, 15) is 4.79 Å². The van der Waals surface area contributed by atoms with E-state index in [1.54, 1.807) is 0 Å². The van der Waals surface area contributed by atoms with Crippen LogP contribution in [0, 0.1) is 0 Å². The molecule has 1 atom stereocenters. The molecule has 2 heteroatoms. The summed E-state index contributed by atoms with van der Waals surface area (Å²) in [6, 6.07) is 8.47. The van der Waals surface area contributed by atoms with Crippen LogP contribution < -0.4 is 5.32 Å². The van der Waals surface area contributed by atoms with Crippen LogP contribution in [0.15, 0.2) is 24.3 Å². The molecule has 1 aromatic rings. The first-order chi connectivity index (χ1) is 7.31. The standard InChI is InChI=1S/C13H17NO/c1-2-14-13(15)9-11-8-7-10-5-3-4-6-12(10)11/h3-6,11H,2,7-9H2,1H3,(H,14,15)/t11-/m0/s1. The van der Waals surface area contributed by atoms with Gasteiger partial charge in [-0.3, -0.25) is 4.79 Å². The van der Waals surface area contributed by atoms with Gasteiger partial charge in [0.1, 0.15) is 0 Å². The Labute approximate surface area is 90.7 Å². The van der Waals surface area contributed by atoms with Gasteiger partial charge in [0, 0.05) is 13.0 Å². The summed E-state index contributed by atoms with van der Waals surface area (Å²) >= 11 is 0. The quantitative estimate of drug-likeness (QED) is 0.802. The van der Waals surface area contributed by atoms with Crippen LogP contribution in [0.1, 0.15) is 36.8 Å². The Hall–Kier alpha value is -1.31. The Balaban J connectivity index is 2.04. The Morgan fingerprint density at radius 2 is 2.27 bits per heavy atom. The van der Waals surface area contributed by atoms with Crippen molar-refractivity contribution in [2.45, 2.75) is 32.1 Å². The molecular weight excluding hydrogens is 186 g/mol. The molecule has 0 bridgehead atoms. The van der Waals surface area contributed by atoms with E-state index < -0.39 is 0 Å². The summed E-state index contributed by atoms with van der Waals surface area (Å²) in [5.41, 5.74) is 2.80. The van der Waals surface area contributed by atoms with Gasteiger partial charge < -0.3 is 5.32 Å². The van der Waals surface area contributed by atoms with Gasteiger partial charge in [-0.1, -0.05) is 24.3 Å². The predicted octanol–water partition coefficient (Wildman–Crippen LogP) is 2.24. The molecule has 0 radical (unpaired) electrons. The average Bonchev–Trinajstić information content (AvgIpc) is 2.62. The summed E-state index contributed by atoms with van der Waals surface area (Å²) in [5, 5.41) is 2.86. The van der Waals surface area contributed by atoms with E-state index in [4.69, 9.17) is 0 Å². The molecule has 15 heavy (non-hydrogen) atoms. The van der Waals surface area contributed by atoms with E-state index in [0.29, 0.717) is 12.3 Å². The Kier molecular flexibility index (Phi) is 3.05. The SMILES string of the molecule is CCNC(=O)C[C@@H]1CCc2ccccc21. The first kappa shape index (κ1) is 10.2. The van der Waals surface area contributed by atoms with Crippen LogP contribution in [-0.2, 0) is 11.2 Å². The lowest BCUT2D eigenvalue weighted by atomic mass is 9.97. The molecule has 1 amide bonds. The number of nitrogens with one attached hydrogen (secondary N) is 1. The first-order valence-electron chi connectivity index (χ1n) is 5.65. The second-order valence-electron chi connectivity index (χ2n) is 4.09. The second-order valence-corrected chi connectivity index (χ2v) is 4.09. The molecule has 0 aromatic heterocycles. The lowest BCUT2D eigenvalue weighted by Gasteiger charge is -2.10. The molecule has 1 aliphatic carbocycles. The molecule has 0 heterocycles. The molecule has 0 spiro atoms. The zero-order valence-electron chi connectivity index (χ0n) is 9.12. The molecule has 2 nitrogen and oxygen atoms in total. The molecule has 80 valence electrons. The van der Waals surface area contributed by atoms with Gasteiger partial charge in [0.15, 0.2) is 0 Å². The van der Waals surface area contributed by atoms with Gasteiger partial charge in [0.25, 0.3) is 0 Å². The minimum Gasteiger partial charge on any atom is -0.356 e. The van der Waals surface area contributed by atoms with Crippen LogP contribution in [-0.4, -0.2) is 12.5 Å². The number of hydrogen-bond donors (Lipinski definition) is 1. The van der Waals surface area contributed by atoms with Crippen molar-refractivity contribution in [1.29, 1.82) is 0 Å². The van der Waals surface area contributed by atoms with Crippen molar-refractivity contribution in [3.8, 4) is 0 Å². The van der Waals surface area contributed by atoms with Crippen LogP contribution >= 0.6 is 0 Å². The number of benzene rings is 1. The fourth-order valence-corrected chi connectivity index (χ4v) is 2.35. The smallest absolute Gasteiger partial charge is 0.220 e. The molecule has 0 aliphatic heterocycles. The van der Waals surface area contributed by atoms with Crippen LogP contribution in [0.4, 0.5) is 0 Å². The van der Waals surface area contributed by atoms with Gasteiger partial charge in [0.2, 0.25) is 5.91 Å². The topological polar surface area (TPSA) is 29.1 Å². The van der Waals surface area contributed by atoms with Crippen molar-refractivity contribution < 1.29 is 4.79 Å². The summed E-state index contributed by atoms with van der Waals surface area (Å²) in [7, 11) is 0. The third kappa shape index (κ3) is 2.20. The number of fused-ring (bicyclic) bond motifs is 1. The molecule has 0 saturated heterocycles. The third-order valence-electron chi connectivity index (χ3n) is 3.06. The van der Waals surface area contributed by atoms with E-state index in [0.717, 1.165) is 19.4 Å². The highest BCUT2D eigenvalue weighted by molar-refractivity contribution is 5.77. The van der Waals surface area contributed by atoms with Crippen molar-refractivity contribution in [3.63, 3.8) is 0 Å². The third-order valence-corrected chi connectivity index (χ3v) is 3.06. The molecular formula is C13H17NO. The zero-order valence-corrected chi connectivity index (χ0v) is 9.12. The number of hydrogen-bond acceptors (Lipinski definition) is 1. The van der Waals surface area contributed by atoms with Crippen molar-refractivity contribution in [2.24, 2.45) is 0 Å². The monoisotopic (exact) mass is 203 g/mol. The number of amides is 1. The maximum Gasteiger partial charge on any atom is 0.220 e. The number of carbonyl (C=O) groups is 1. The fourth-order valence-electron chi connectivity index (χ4n) is 2.35. The summed E-state index contributed by atoms with van der Waals surface area (Å²) < 4.78 is 0. The summed E-state index contributed by atoms with van der Waals surface area (Å²) in [4.78, 5) is 11.5. The molecule has 1 N–H and O–H groups in total. The van der Waals surface area contributed by atoms with Crippen molar-refractivity contribution in [1.82, 2.24) is 5.32 Å². The summed E-state index contributed by atoms with van der Waals surface area (Å²) in [5.74, 6) is 0.618. The molecule has 1 aliphatic rings. The van der Waals surface area contributed by atoms with Gasteiger partial charge in [0.05, 0.1) is 0 Å². The minimum atomic E-state index is 0.180. The predicted molar refractivity (Wildman–Crippen MR) is 60.8 cm³/mol. The largest absolute Gasteiger partial charge is 0.356 e. The van der Waals surface area contributed by atoms with Gasteiger partial charge in [-0.25, -0.2) is 0 Å². The molecule has 0 unspecified atom stereocenters.